The van der Waals surface area contributed by atoms with Crippen LogP contribution in [0, 0.1) is 12.3 Å². The fourth-order valence-electron chi connectivity index (χ4n) is 5.93. The molecule has 5 aromatic rings. The molecular formula is C31H27N9O. The Labute approximate surface area is 237 Å². The summed E-state index contributed by atoms with van der Waals surface area (Å²) < 4.78 is 3.68. The third-order valence-electron chi connectivity index (χ3n) is 7.91. The second-order valence-corrected chi connectivity index (χ2v) is 10.5. The number of carbonyl (C=O) groups is 1. The smallest absolute Gasteiger partial charge is 0.273 e. The minimum atomic E-state index is -0.0393. The molecule has 202 valence electrons. The minimum absolute atomic E-state index is 0.0393. The molecule has 0 aromatic carbocycles. The first-order valence-corrected chi connectivity index (χ1v) is 13.4. The lowest BCUT2D eigenvalue weighted by Gasteiger charge is -2.56. The predicted molar refractivity (Wildman–Crippen MR) is 157 cm³/mol. The van der Waals surface area contributed by atoms with E-state index in [1.807, 2.05) is 53.7 Å². The maximum Gasteiger partial charge on any atom is 0.273 e. The molecule has 1 amide bonds. The van der Waals surface area contributed by atoms with Crippen molar-refractivity contribution >= 4 is 23.5 Å². The molecule has 8 rings (SSSR count). The molecule has 2 unspecified atom stereocenters. The quantitative estimate of drug-likeness (QED) is 0.250. The normalized spacial score (nSPS) is 18.1. The van der Waals surface area contributed by atoms with Gasteiger partial charge in [-0.2, -0.15) is 10.2 Å². The molecule has 3 saturated heterocycles. The fraction of sp³-hybridized carbons (Fsp3) is 0.226. The van der Waals surface area contributed by atoms with E-state index in [9.17, 15) is 4.79 Å². The summed E-state index contributed by atoms with van der Waals surface area (Å²) in [5, 5.41) is 8.93. The Hall–Kier alpha value is -5.30. The number of terminal acetylenes is 1. The van der Waals surface area contributed by atoms with Gasteiger partial charge in [-0.15, -0.1) is 6.42 Å². The molecule has 5 aromatic heterocycles. The standard InChI is InChI=1S/C31H27N9O/c1-4-20-5-7-28(33-11-20)31(41)40-25-10-26(40)19-38(18-25)29-8-6-21(13-34-29)27-9-22(24-15-35-37(3)16-24)17-39-30(27)23(12-32-2)14-36-39/h1,5-9,11-17,25-26H,10,18-19H2,2-3H3. The molecule has 2 atom stereocenters. The monoisotopic (exact) mass is 541 g/mol. The first-order chi connectivity index (χ1) is 20.0. The largest absolute Gasteiger partial charge is 0.352 e. The van der Waals surface area contributed by atoms with E-state index < -0.39 is 0 Å². The molecule has 8 heterocycles. The summed E-state index contributed by atoms with van der Waals surface area (Å²) in [5.74, 6) is 3.40. The summed E-state index contributed by atoms with van der Waals surface area (Å²) in [7, 11) is 3.66. The van der Waals surface area contributed by atoms with Gasteiger partial charge in [0.1, 0.15) is 11.5 Å². The van der Waals surface area contributed by atoms with Crippen LogP contribution in [0.15, 0.2) is 72.5 Å². The molecule has 0 N–H and O–H groups in total. The van der Waals surface area contributed by atoms with Crippen LogP contribution in [0.1, 0.15) is 28.0 Å². The average Bonchev–Trinajstić information content (AvgIpc) is 3.63. The fourth-order valence-corrected chi connectivity index (χ4v) is 5.93. The Morgan fingerprint density at radius 3 is 2.51 bits per heavy atom. The summed E-state index contributed by atoms with van der Waals surface area (Å²) >= 11 is 0. The van der Waals surface area contributed by atoms with Gasteiger partial charge < -0.3 is 9.80 Å². The van der Waals surface area contributed by atoms with Crippen LogP contribution in [-0.4, -0.2) is 78.6 Å². The van der Waals surface area contributed by atoms with E-state index in [1.54, 1.807) is 30.1 Å². The number of fused-ring (bicyclic) bond motifs is 3. The summed E-state index contributed by atoms with van der Waals surface area (Å²) in [6, 6.07) is 10.1. The number of aromatic nitrogens is 6. The molecule has 0 radical (unpaired) electrons. The predicted octanol–water partition coefficient (Wildman–Crippen LogP) is 3.33. The van der Waals surface area contributed by atoms with Gasteiger partial charge in [0, 0.05) is 91.6 Å². The highest BCUT2D eigenvalue weighted by atomic mass is 16.2. The maximum absolute atomic E-state index is 13.1. The number of rotatable bonds is 5. The SMILES string of the molecule is C#Cc1ccc(C(=O)N2C3CC2CN(c2ccc(-c4cc(-c5cnn(C)c5)cn5ncc(C=NC)c45)cn2)C3)nc1. The van der Waals surface area contributed by atoms with E-state index >= 15 is 0 Å². The number of hydrogen-bond acceptors (Lipinski definition) is 7. The Morgan fingerprint density at radius 1 is 1.00 bits per heavy atom. The van der Waals surface area contributed by atoms with E-state index in [2.05, 4.69) is 49.2 Å². The highest BCUT2D eigenvalue weighted by Gasteiger charge is 2.48. The number of anilines is 1. The van der Waals surface area contributed by atoms with Crippen molar-refractivity contribution in [2.75, 3.05) is 25.0 Å². The number of aryl methyl sites for hydroxylation is 1. The van der Waals surface area contributed by atoms with E-state index in [4.69, 9.17) is 11.4 Å². The van der Waals surface area contributed by atoms with Crippen LogP contribution in [0.2, 0.25) is 0 Å². The summed E-state index contributed by atoms with van der Waals surface area (Å²) in [6.07, 6.45) is 19.4. The number of nitrogens with zero attached hydrogens (tertiary/aromatic N) is 9. The van der Waals surface area contributed by atoms with Crippen molar-refractivity contribution in [2.24, 2.45) is 12.0 Å². The van der Waals surface area contributed by atoms with Crippen LogP contribution in [0.4, 0.5) is 5.82 Å². The molecule has 10 nitrogen and oxygen atoms in total. The van der Waals surface area contributed by atoms with Gasteiger partial charge >= 0.3 is 0 Å². The van der Waals surface area contributed by atoms with Crippen LogP contribution >= 0.6 is 0 Å². The first-order valence-electron chi connectivity index (χ1n) is 13.4. The van der Waals surface area contributed by atoms with E-state index in [1.165, 1.54) is 0 Å². The summed E-state index contributed by atoms with van der Waals surface area (Å²) in [5.41, 5.74) is 7.02. The van der Waals surface area contributed by atoms with Crippen LogP contribution in [0.3, 0.4) is 0 Å². The molecule has 3 fully saturated rings. The lowest BCUT2D eigenvalue weighted by atomic mass is 9.87. The van der Waals surface area contributed by atoms with Crippen molar-refractivity contribution in [3.8, 4) is 34.6 Å². The van der Waals surface area contributed by atoms with E-state index in [-0.39, 0.29) is 18.0 Å². The molecule has 2 bridgehead atoms. The molecule has 3 aliphatic rings. The Kier molecular flexibility index (Phi) is 5.86. The van der Waals surface area contributed by atoms with Gasteiger partial charge in [-0.3, -0.25) is 14.5 Å². The van der Waals surface area contributed by atoms with Crippen molar-refractivity contribution in [2.45, 2.75) is 18.5 Å². The van der Waals surface area contributed by atoms with E-state index in [0.29, 0.717) is 11.3 Å². The van der Waals surface area contributed by atoms with Crippen LogP contribution < -0.4 is 4.90 Å². The zero-order valence-corrected chi connectivity index (χ0v) is 22.7. The number of aliphatic imine (C=N–C) groups is 1. The van der Waals surface area contributed by atoms with Gasteiger partial charge in [-0.1, -0.05) is 5.92 Å². The average molecular weight is 542 g/mol. The lowest BCUT2D eigenvalue weighted by Crippen LogP contribution is -2.70. The summed E-state index contributed by atoms with van der Waals surface area (Å²) in [6.45, 7) is 1.47. The number of piperazine rings is 1. The molecule has 3 aliphatic heterocycles. The van der Waals surface area contributed by atoms with Gasteiger partial charge in [-0.05, 0) is 36.8 Å². The molecule has 41 heavy (non-hydrogen) atoms. The Balaban J connectivity index is 1.15. The maximum atomic E-state index is 13.1. The number of hydrogen-bond donors (Lipinski definition) is 0. The van der Waals surface area contributed by atoms with E-state index in [0.717, 1.165) is 58.7 Å². The second kappa shape index (κ2) is 9.71. The molecule has 10 heteroatoms. The lowest BCUT2D eigenvalue weighted by molar-refractivity contribution is 0.00525. The molecular weight excluding hydrogens is 514 g/mol. The van der Waals surface area contributed by atoms with Gasteiger partial charge in [0.25, 0.3) is 5.91 Å². The van der Waals surface area contributed by atoms with Gasteiger partial charge in [0.05, 0.1) is 30.0 Å². The van der Waals surface area contributed by atoms with Crippen LogP contribution in [0.5, 0.6) is 0 Å². The zero-order valence-electron chi connectivity index (χ0n) is 22.7. The number of piperidine rings is 1. The topological polar surface area (TPSA) is 96.8 Å². The zero-order chi connectivity index (χ0) is 28.1. The highest BCUT2D eigenvalue weighted by molar-refractivity contribution is 5.97. The molecule has 0 spiro atoms. The Morgan fingerprint density at radius 2 is 1.85 bits per heavy atom. The van der Waals surface area contributed by atoms with Crippen molar-refractivity contribution in [3.05, 3.63) is 84.3 Å². The number of pyridine rings is 3. The summed E-state index contributed by atoms with van der Waals surface area (Å²) in [4.78, 5) is 30.7. The third-order valence-corrected chi connectivity index (χ3v) is 7.91. The first kappa shape index (κ1) is 24.7. The van der Waals surface area contributed by atoms with Gasteiger partial charge in [-0.25, -0.2) is 14.5 Å². The third kappa shape index (κ3) is 4.23. The van der Waals surface area contributed by atoms with Gasteiger partial charge in [0.2, 0.25) is 0 Å². The van der Waals surface area contributed by atoms with Crippen molar-refractivity contribution < 1.29 is 4.79 Å². The van der Waals surface area contributed by atoms with Crippen molar-refractivity contribution in [1.82, 2.24) is 34.3 Å². The van der Waals surface area contributed by atoms with Crippen LogP contribution in [-0.2, 0) is 7.05 Å². The van der Waals surface area contributed by atoms with Crippen molar-refractivity contribution in [1.29, 1.82) is 0 Å². The number of amides is 1. The molecule has 0 aliphatic carbocycles. The second-order valence-electron chi connectivity index (χ2n) is 10.5. The highest BCUT2D eigenvalue weighted by Crippen LogP contribution is 2.36. The minimum Gasteiger partial charge on any atom is -0.352 e. The van der Waals surface area contributed by atoms with Gasteiger partial charge in [0.15, 0.2) is 0 Å². The van der Waals surface area contributed by atoms with Crippen molar-refractivity contribution in [3.63, 3.8) is 0 Å². The molecule has 0 saturated carbocycles. The number of carbonyl (C=O) groups excluding carboxylic acids is 1. The Bertz CT molecular complexity index is 1830. The van der Waals surface area contributed by atoms with Crippen LogP contribution in [0.25, 0.3) is 27.8 Å².